The first-order valence-corrected chi connectivity index (χ1v) is 5.95. The van der Waals surface area contributed by atoms with E-state index in [0.29, 0.717) is 26.1 Å². The predicted molar refractivity (Wildman–Crippen MR) is 68.9 cm³/mol. The van der Waals surface area contributed by atoms with Crippen LogP contribution in [0.5, 0.6) is 0 Å². The van der Waals surface area contributed by atoms with Crippen LogP contribution >= 0.6 is 0 Å². The highest BCUT2D eigenvalue weighted by atomic mass is 16.6. The Labute approximate surface area is 107 Å². The summed E-state index contributed by atoms with van der Waals surface area (Å²) in [4.78, 5) is 23.0. The van der Waals surface area contributed by atoms with Crippen LogP contribution in [0.4, 0.5) is 0 Å². The normalized spacial score (nSPS) is 10.6. The van der Waals surface area contributed by atoms with Crippen molar-refractivity contribution in [2.24, 2.45) is 0 Å². The van der Waals surface area contributed by atoms with Crippen molar-refractivity contribution in [1.29, 1.82) is 0 Å². The van der Waals surface area contributed by atoms with E-state index in [1.807, 2.05) is 35.2 Å². The number of hydrogen-bond acceptors (Lipinski definition) is 4. The average molecular weight is 250 g/mol. The average Bonchev–Trinajstić information content (AvgIpc) is 2.33. The molecule has 0 N–H and O–H groups in total. The largest absolute Gasteiger partial charge is 0.300 e. The van der Waals surface area contributed by atoms with Crippen molar-refractivity contribution in [1.82, 2.24) is 4.90 Å². The number of carbonyl (C=O) groups is 1. The van der Waals surface area contributed by atoms with Gasteiger partial charge in [0.25, 0.3) is 0 Å². The molecule has 0 atom stereocenters. The van der Waals surface area contributed by atoms with E-state index in [1.165, 1.54) is 6.92 Å². The Balaban J connectivity index is 2.53. The quantitative estimate of drug-likeness (QED) is 0.521. The first-order valence-electron chi connectivity index (χ1n) is 5.95. The molecule has 0 radical (unpaired) electrons. The highest BCUT2D eigenvalue weighted by Gasteiger charge is 2.10. The maximum absolute atomic E-state index is 11.0. The Morgan fingerprint density at radius 3 is 2.50 bits per heavy atom. The molecule has 0 spiro atoms. The summed E-state index contributed by atoms with van der Waals surface area (Å²) >= 11 is 0. The molecule has 5 nitrogen and oxygen atoms in total. The lowest BCUT2D eigenvalue weighted by molar-refractivity contribution is -0.480. The number of hydrogen-bond donors (Lipinski definition) is 0. The smallest absolute Gasteiger partial charge is 0.216 e. The molecule has 18 heavy (non-hydrogen) atoms. The molecule has 1 aromatic rings. The Morgan fingerprint density at radius 2 is 1.94 bits per heavy atom. The second-order valence-electron chi connectivity index (χ2n) is 4.27. The summed E-state index contributed by atoms with van der Waals surface area (Å²) in [7, 11) is 0. The molecule has 0 aliphatic carbocycles. The van der Waals surface area contributed by atoms with Gasteiger partial charge < -0.3 is 0 Å². The van der Waals surface area contributed by atoms with Gasteiger partial charge in [0.05, 0.1) is 6.54 Å². The third kappa shape index (κ3) is 6.10. The van der Waals surface area contributed by atoms with E-state index < -0.39 is 0 Å². The van der Waals surface area contributed by atoms with Crippen LogP contribution < -0.4 is 0 Å². The number of ketones is 1. The number of benzene rings is 1. The highest BCUT2D eigenvalue weighted by molar-refractivity contribution is 5.75. The number of nitrogens with zero attached hydrogens (tertiary/aromatic N) is 2. The molecule has 0 saturated carbocycles. The molecule has 98 valence electrons. The maximum Gasteiger partial charge on any atom is 0.216 e. The summed E-state index contributed by atoms with van der Waals surface area (Å²) in [6.07, 6.45) is 0.435. The van der Waals surface area contributed by atoms with Gasteiger partial charge in [-0.25, -0.2) is 0 Å². The number of Topliss-reactive ketones (excluding diaryl/α,β-unsaturated/α-hetero) is 1. The van der Waals surface area contributed by atoms with Crippen molar-refractivity contribution >= 4 is 5.78 Å². The summed E-state index contributed by atoms with van der Waals surface area (Å²) < 4.78 is 0. The summed E-state index contributed by atoms with van der Waals surface area (Å²) in [6, 6.07) is 9.76. The van der Waals surface area contributed by atoms with Crippen LogP contribution in [0.25, 0.3) is 0 Å². The van der Waals surface area contributed by atoms with Gasteiger partial charge in [-0.15, -0.1) is 0 Å². The van der Waals surface area contributed by atoms with Gasteiger partial charge in [-0.1, -0.05) is 30.3 Å². The second kappa shape index (κ2) is 7.55. The zero-order valence-corrected chi connectivity index (χ0v) is 10.5. The lowest BCUT2D eigenvalue weighted by Gasteiger charge is -2.19. The Hall–Kier alpha value is -1.75. The van der Waals surface area contributed by atoms with E-state index in [2.05, 4.69) is 0 Å². The molecular weight excluding hydrogens is 232 g/mol. The Morgan fingerprint density at radius 1 is 1.28 bits per heavy atom. The fourth-order valence-corrected chi connectivity index (χ4v) is 1.65. The van der Waals surface area contributed by atoms with Crippen molar-refractivity contribution in [2.45, 2.75) is 19.9 Å². The molecule has 0 fully saturated rings. The Kier molecular flexibility index (Phi) is 6.00. The van der Waals surface area contributed by atoms with Gasteiger partial charge in [0.2, 0.25) is 6.54 Å². The second-order valence-corrected chi connectivity index (χ2v) is 4.27. The van der Waals surface area contributed by atoms with Gasteiger partial charge in [-0.05, 0) is 12.5 Å². The van der Waals surface area contributed by atoms with E-state index in [4.69, 9.17) is 0 Å². The van der Waals surface area contributed by atoms with Crippen LogP contribution in [-0.2, 0) is 11.3 Å². The van der Waals surface area contributed by atoms with Crippen LogP contribution in [0.3, 0.4) is 0 Å². The van der Waals surface area contributed by atoms with E-state index in [9.17, 15) is 14.9 Å². The van der Waals surface area contributed by atoms with Crippen LogP contribution in [-0.4, -0.2) is 35.2 Å². The lowest BCUT2D eigenvalue weighted by atomic mass is 10.2. The molecule has 1 rings (SSSR count). The standard InChI is InChI=1S/C13H18N2O3/c1-12(16)7-8-14(9-10-15(17)18)11-13-5-3-2-4-6-13/h2-6H,7-11H2,1H3. The summed E-state index contributed by atoms with van der Waals surface area (Å²) in [5.41, 5.74) is 1.10. The SMILES string of the molecule is CC(=O)CCN(CC[N+](=O)[O-])Cc1ccccc1. The molecule has 1 aromatic carbocycles. The first-order chi connectivity index (χ1) is 8.58. The van der Waals surface area contributed by atoms with E-state index in [1.54, 1.807) is 0 Å². The maximum atomic E-state index is 11.0. The van der Waals surface area contributed by atoms with Gasteiger partial charge in [-0.2, -0.15) is 0 Å². The molecule has 0 bridgehead atoms. The molecule has 5 heteroatoms. The molecule has 0 saturated heterocycles. The summed E-state index contributed by atoms with van der Waals surface area (Å²) in [6.45, 7) is 3.02. The fraction of sp³-hybridized carbons (Fsp3) is 0.462. The molecule has 0 aromatic heterocycles. The van der Waals surface area contributed by atoms with Crippen LogP contribution in [0.2, 0.25) is 0 Å². The lowest BCUT2D eigenvalue weighted by Crippen LogP contribution is -2.30. The van der Waals surface area contributed by atoms with Crippen molar-refractivity contribution in [3.63, 3.8) is 0 Å². The van der Waals surface area contributed by atoms with Gasteiger partial charge in [-0.3, -0.25) is 19.8 Å². The van der Waals surface area contributed by atoms with Crippen LogP contribution in [0, 0.1) is 10.1 Å². The molecule has 0 aliphatic rings. The van der Waals surface area contributed by atoms with Gasteiger partial charge in [0.15, 0.2) is 0 Å². The van der Waals surface area contributed by atoms with Gasteiger partial charge in [0.1, 0.15) is 5.78 Å². The molecule has 0 unspecified atom stereocenters. The van der Waals surface area contributed by atoms with Crippen LogP contribution in [0.1, 0.15) is 18.9 Å². The number of rotatable bonds is 8. The van der Waals surface area contributed by atoms with Crippen molar-refractivity contribution in [2.75, 3.05) is 19.6 Å². The minimum Gasteiger partial charge on any atom is -0.300 e. The van der Waals surface area contributed by atoms with Crippen molar-refractivity contribution in [3.05, 3.63) is 46.0 Å². The minimum atomic E-state index is -0.328. The topological polar surface area (TPSA) is 63.5 Å². The van der Waals surface area contributed by atoms with Crippen LogP contribution in [0.15, 0.2) is 30.3 Å². The summed E-state index contributed by atoms with van der Waals surface area (Å²) in [5.74, 6) is 0.106. The van der Waals surface area contributed by atoms with Crippen molar-refractivity contribution < 1.29 is 9.72 Å². The minimum absolute atomic E-state index is 0.0925. The third-order valence-electron chi connectivity index (χ3n) is 2.63. The zero-order valence-electron chi connectivity index (χ0n) is 10.5. The third-order valence-corrected chi connectivity index (χ3v) is 2.63. The van der Waals surface area contributed by atoms with E-state index in [0.717, 1.165) is 5.56 Å². The molecule has 0 amide bonds. The molecular formula is C13H18N2O3. The zero-order chi connectivity index (χ0) is 13.4. The van der Waals surface area contributed by atoms with E-state index >= 15 is 0 Å². The highest BCUT2D eigenvalue weighted by Crippen LogP contribution is 2.05. The Bertz CT molecular complexity index is 374. The molecule has 0 heterocycles. The van der Waals surface area contributed by atoms with Gasteiger partial charge >= 0.3 is 0 Å². The number of carbonyl (C=O) groups excluding carboxylic acids is 1. The predicted octanol–water partition coefficient (Wildman–Crippen LogP) is 1.74. The fourth-order valence-electron chi connectivity index (χ4n) is 1.65. The molecule has 0 aliphatic heterocycles. The summed E-state index contributed by atoms with van der Waals surface area (Å²) in [5, 5.41) is 10.4. The van der Waals surface area contributed by atoms with Gasteiger partial charge in [0, 0.05) is 24.4 Å². The number of nitro groups is 1. The monoisotopic (exact) mass is 250 g/mol. The van der Waals surface area contributed by atoms with Crippen molar-refractivity contribution in [3.8, 4) is 0 Å². The first kappa shape index (κ1) is 14.3. The van der Waals surface area contributed by atoms with E-state index in [-0.39, 0.29) is 17.3 Å².